The van der Waals surface area contributed by atoms with Gasteiger partial charge in [-0.05, 0) is 26.8 Å². The maximum Gasteiger partial charge on any atom is 0.228 e. The first-order valence-corrected chi connectivity index (χ1v) is 6.63. The van der Waals surface area contributed by atoms with Gasteiger partial charge in [-0.3, -0.25) is 0 Å². The largest absolute Gasteiger partial charge is 0.478 e. The minimum absolute atomic E-state index is 0.594. The summed E-state index contributed by atoms with van der Waals surface area (Å²) >= 11 is 0. The van der Waals surface area contributed by atoms with Crippen LogP contribution in [0.2, 0.25) is 0 Å². The average Bonchev–Trinajstić information content (AvgIpc) is 2.38. The number of nitrogens with two attached hydrogens (primary N) is 1. The van der Waals surface area contributed by atoms with Crippen molar-refractivity contribution < 1.29 is 9.47 Å². The van der Waals surface area contributed by atoms with E-state index < -0.39 is 0 Å². The van der Waals surface area contributed by atoms with Crippen LogP contribution in [0.25, 0.3) is 0 Å². The molecule has 1 aromatic heterocycles. The lowest BCUT2D eigenvalue weighted by atomic mass is 10.3. The van der Waals surface area contributed by atoms with Crippen molar-refractivity contribution in [3.63, 3.8) is 0 Å². The van der Waals surface area contributed by atoms with Gasteiger partial charge < -0.3 is 20.1 Å². The van der Waals surface area contributed by atoms with Crippen LogP contribution in [0.15, 0.2) is 6.07 Å². The van der Waals surface area contributed by atoms with Crippen LogP contribution in [0, 0.1) is 6.92 Å². The molecule has 0 aromatic carbocycles. The SMILES string of the molecule is CCOc1cc(C)nc(N(CCCN)CCOC)n1. The molecule has 0 saturated heterocycles. The van der Waals surface area contributed by atoms with Gasteiger partial charge in [-0.1, -0.05) is 0 Å². The summed E-state index contributed by atoms with van der Waals surface area (Å²) in [4.78, 5) is 11.0. The summed E-state index contributed by atoms with van der Waals surface area (Å²) in [6.45, 7) is 7.30. The fourth-order valence-electron chi connectivity index (χ4n) is 1.68. The quantitative estimate of drug-likeness (QED) is 0.720. The third-order valence-electron chi connectivity index (χ3n) is 2.59. The lowest BCUT2D eigenvalue weighted by Crippen LogP contribution is -2.31. The Balaban J connectivity index is 2.85. The van der Waals surface area contributed by atoms with E-state index in [1.807, 2.05) is 19.9 Å². The van der Waals surface area contributed by atoms with Crippen molar-refractivity contribution in [2.75, 3.05) is 44.9 Å². The van der Waals surface area contributed by atoms with Crippen LogP contribution in [0.4, 0.5) is 5.95 Å². The lowest BCUT2D eigenvalue weighted by Gasteiger charge is -2.22. The van der Waals surface area contributed by atoms with Gasteiger partial charge in [0.25, 0.3) is 0 Å². The third-order valence-corrected chi connectivity index (χ3v) is 2.59. The van der Waals surface area contributed by atoms with E-state index in [9.17, 15) is 0 Å². The van der Waals surface area contributed by atoms with E-state index in [-0.39, 0.29) is 0 Å². The molecular formula is C13H24N4O2. The summed E-state index contributed by atoms with van der Waals surface area (Å²) in [5.41, 5.74) is 6.46. The molecule has 0 aliphatic rings. The molecule has 19 heavy (non-hydrogen) atoms. The summed E-state index contributed by atoms with van der Waals surface area (Å²) < 4.78 is 10.6. The van der Waals surface area contributed by atoms with E-state index in [0.29, 0.717) is 31.6 Å². The van der Waals surface area contributed by atoms with Crippen LogP contribution >= 0.6 is 0 Å². The first-order valence-electron chi connectivity index (χ1n) is 6.63. The Morgan fingerprint density at radius 1 is 1.32 bits per heavy atom. The number of hydrogen-bond donors (Lipinski definition) is 1. The van der Waals surface area contributed by atoms with E-state index in [4.69, 9.17) is 15.2 Å². The van der Waals surface area contributed by atoms with Gasteiger partial charge in [0.15, 0.2) is 0 Å². The highest BCUT2D eigenvalue weighted by molar-refractivity contribution is 5.34. The lowest BCUT2D eigenvalue weighted by molar-refractivity contribution is 0.204. The molecule has 1 rings (SSSR count). The fourth-order valence-corrected chi connectivity index (χ4v) is 1.68. The maximum atomic E-state index is 5.57. The number of methoxy groups -OCH3 is 1. The van der Waals surface area contributed by atoms with Crippen molar-refractivity contribution >= 4 is 5.95 Å². The minimum Gasteiger partial charge on any atom is -0.478 e. The number of hydrogen-bond acceptors (Lipinski definition) is 6. The Kier molecular flexibility index (Phi) is 7.14. The fraction of sp³-hybridized carbons (Fsp3) is 0.692. The zero-order chi connectivity index (χ0) is 14.1. The smallest absolute Gasteiger partial charge is 0.228 e. The summed E-state index contributed by atoms with van der Waals surface area (Å²) in [6, 6.07) is 1.84. The number of rotatable bonds is 9. The highest BCUT2D eigenvalue weighted by Crippen LogP contribution is 2.15. The molecule has 2 N–H and O–H groups in total. The number of aromatic nitrogens is 2. The maximum absolute atomic E-state index is 5.57. The molecule has 0 amide bonds. The van der Waals surface area contributed by atoms with Crippen LogP contribution in [0.5, 0.6) is 5.88 Å². The third kappa shape index (κ3) is 5.40. The van der Waals surface area contributed by atoms with Crippen molar-refractivity contribution in [1.29, 1.82) is 0 Å². The second kappa shape index (κ2) is 8.66. The molecule has 0 aliphatic carbocycles. The molecule has 0 saturated carbocycles. The summed E-state index contributed by atoms with van der Waals surface area (Å²) in [5.74, 6) is 1.29. The summed E-state index contributed by atoms with van der Waals surface area (Å²) in [7, 11) is 1.68. The summed E-state index contributed by atoms with van der Waals surface area (Å²) in [5, 5.41) is 0. The van der Waals surface area contributed by atoms with Crippen LogP contribution in [-0.4, -0.2) is 49.9 Å². The molecule has 0 unspecified atom stereocenters. The topological polar surface area (TPSA) is 73.5 Å². The number of anilines is 1. The molecule has 0 fully saturated rings. The van der Waals surface area contributed by atoms with Crippen LogP contribution in [-0.2, 0) is 4.74 Å². The van der Waals surface area contributed by atoms with Crippen molar-refractivity contribution in [1.82, 2.24) is 9.97 Å². The monoisotopic (exact) mass is 268 g/mol. The molecule has 6 nitrogen and oxygen atoms in total. The molecule has 0 atom stereocenters. The Morgan fingerprint density at radius 2 is 2.11 bits per heavy atom. The highest BCUT2D eigenvalue weighted by atomic mass is 16.5. The Labute approximate surface area is 114 Å². The second-order valence-electron chi connectivity index (χ2n) is 4.20. The second-order valence-corrected chi connectivity index (χ2v) is 4.20. The molecular weight excluding hydrogens is 244 g/mol. The predicted octanol–water partition coefficient (Wildman–Crippen LogP) is 0.985. The molecule has 1 heterocycles. The van der Waals surface area contributed by atoms with E-state index >= 15 is 0 Å². The summed E-state index contributed by atoms with van der Waals surface area (Å²) in [6.07, 6.45) is 0.894. The molecule has 1 aromatic rings. The predicted molar refractivity (Wildman–Crippen MR) is 75.7 cm³/mol. The first kappa shape index (κ1) is 15.7. The standard InChI is InChI=1S/C13H24N4O2/c1-4-19-12-10-11(2)15-13(16-12)17(7-5-6-14)8-9-18-3/h10H,4-9,14H2,1-3H3. The van der Waals surface area contributed by atoms with E-state index in [1.54, 1.807) is 7.11 Å². The van der Waals surface area contributed by atoms with Gasteiger partial charge in [0.05, 0.1) is 13.2 Å². The Morgan fingerprint density at radius 3 is 2.74 bits per heavy atom. The molecule has 6 heteroatoms. The van der Waals surface area contributed by atoms with Crippen molar-refractivity contribution in [2.45, 2.75) is 20.3 Å². The van der Waals surface area contributed by atoms with Gasteiger partial charge in [-0.15, -0.1) is 0 Å². The number of nitrogens with zero attached hydrogens (tertiary/aromatic N) is 3. The van der Waals surface area contributed by atoms with Gasteiger partial charge in [0.1, 0.15) is 0 Å². The van der Waals surface area contributed by atoms with Gasteiger partial charge in [0, 0.05) is 32.0 Å². The van der Waals surface area contributed by atoms with Crippen LogP contribution in [0.1, 0.15) is 19.0 Å². The van der Waals surface area contributed by atoms with E-state index in [2.05, 4.69) is 14.9 Å². The Hall–Kier alpha value is -1.40. The first-order chi connectivity index (χ1) is 9.21. The van der Waals surface area contributed by atoms with Crippen LogP contribution < -0.4 is 15.4 Å². The van der Waals surface area contributed by atoms with E-state index in [1.165, 1.54) is 0 Å². The van der Waals surface area contributed by atoms with Crippen molar-refractivity contribution in [2.24, 2.45) is 5.73 Å². The zero-order valence-corrected chi connectivity index (χ0v) is 12.1. The molecule has 0 radical (unpaired) electrons. The molecule has 0 bridgehead atoms. The van der Waals surface area contributed by atoms with Crippen molar-refractivity contribution in [3.05, 3.63) is 11.8 Å². The zero-order valence-electron chi connectivity index (χ0n) is 12.1. The Bertz CT molecular complexity index is 366. The molecule has 108 valence electrons. The normalized spacial score (nSPS) is 10.5. The van der Waals surface area contributed by atoms with Gasteiger partial charge in [0.2, 0.25) is 11.8 Å². The van der Waals surface area contributed by atoms with Gasteiger partial charge in [-0.2, -0.15) is 4.98 Å². The van der Waals surface area contributed by atoms with Crippen LogP contribution in [0.3, 0.4) is 0 Å². The minimum atomic E-state index is 0.594. The van der Waals surface area contributed by atoms with E-state index in [0.717, 1.165) is 25.2 Å². The molecule has 0 aliphatic heterocycles. The average molecular weight is 268 g/mol. The number of ether oxygens (including phenoxy) is 2. The number of aryl methyl sites for hydroxylation is 1. The van der Waals surface area contributed by atoms with Gasteiger partial charge >= 0.3 is 0 Å². The highest BCUT2D eigenvalue weighted by Gasteiger charge is 2.11. The molecule has 0 spiro atoms. The van der Waals surface area contributed by atoms with Gasteiger partial charge in [-0.25, -0.2) is 4.98 Å². The van der Waals surface area contributed by atoms with Crippen molar-refractivity contribution in [3.8, 4) is 5.88 Å².